The minimum Gasteiger partial charge on any atom is -0.456 e. The van der Waals surface area contributed by atoms with Gasteiger partial charge in [-0.1, -0.05) is 6.92 Å². The zero-order valence-electron chi connectivity index (χ0n) is 19.9. The number of ether oxygens (including phenoxy) is 2. The number of carbonyl (C=O) groups is 2. The predicted octanol–water partition coefficient (Wildman–Crippen LogP) is 5.48. The molecule has 7 nitrogen and oxygen atoms in total. The second-order valence-electron chi connectivity index (χ2n) is 8.48. The Kier molecular flexibility index (Phi) is 6.73. The lowest BCUT2D eigenvalue weighted by molar-refractivity contribution is 0.0635. The van der Waals surface area contributed by atoms with E-state index in [1.807, 2.05) is 35.2 Å². The number of nitrogens with one attached hydrogen (secondary N) is 1. The highest BCUT2D eigenvalue weighted by Crippen LogP contribution is 2.39. The number of carbonyl (C=O) groups excluding carboxylic acids is 2. The molecule has 1 N–H and O–H groups in total. The third-order valence-corrected chi connectivity index (χ3v) is 8.74. The minimum atomic E-state index is -0.0702. The van der Waals surface area contributed by atoms with Gasteiger partial charge in [0.15, 0.2) is 0 Å². The number of nitrogens with zero attached hydrogens (tertiary/aromatic N) is 2. The first-order chi connectivity index (χ1) is 17.0. The first kappa shape index (κ1) is 23.7. The van der Waals surface area contributed by atoms with Crippen molar-refractivity contribution < 1.29 is 19.1 Å². The van der Waals surface area contributed by atoms with Crippen molar-refractivity contribution in [1.29, 1.82) is 0 Å². The van der Waals surface area contributed by atoms with Crippen molar-refractivity contribution in [2.75, 3.05) is 27.3 Å². The molecule has 1 aliphatic heterocycles. The maximum absolute atomic E-state index is 13.2. The fraction of sp³-hybridized carbons (Fsp3) is 0.346. The van der Waals surface area contributed by atoms with Gasteiger partial charge in [0.25, 0.3) is 11.8 Å². The summed E-state index contributed by atoms with van der Waals surface area (Å²) >= 11 is 3.02. The van der Waals surface area contributed by atoms with Gasteiger partial charge in [0.05, 0.1) is 33.3 Å². The number of rotatable bonds is 7. The number of pyridine rings is 1. The van der Waals surface area contributed by atoms with E-state index in [0.717, 1.165) is 56.6 Å². The van der Waals surface area contributed by atoms with E-state index in [4.69, 9.17) is 9.47 Å². The Balaban J connectivity index is 1.45. The van der Waals surface area contributed by atoms with Gasteiger partial charge in [0.2, 0.25) is 0 Å². The van der Waals surface area contributed by atoms with Crippen LogP contribution in [-0.4, -0.2) is 55.0 Å². The third-order valence-electron chi connectivity index (χ3n) is 6.32. The average Bonchev–Trinajstić information content (AvgIpc) is 3.60. The molecule has 0 bridgehead atoms. The molecule has 1 aromatic carbocycles. The van der Waals surface area contributed by atoms with Gasteiger partial charge in [-0.15, -0.1) is 22.7 Å². The molecule has 1 saturated heterocycles. The Morgan fingerprint density at radius 3 is 2.86 bits per heavy atom. The van der Waals surface area contributed by atoms with Crippen LogP contribution in [0, 0.1) is 0 Å². The summed E-state index contributed by atoms with van der Waals surface area (Å²) < 4.78 is 13.4. The number of fused-ring (bicyclic) bond motifs is 2. The van der Waals surface area contributed by atoms with E-state index in [9.17, 15) is 9.59 Å². The Morgan fingerprint density at radius 1 is 1.23 bits per heavy atom. The smallest absolute Gasteiger partial charge is 0.264 e. The number of thiophene rings is 2. The number of aromatic nitrogens is 1. The molecular formula is C26H27N3O4S2. The van der Waals surface area contributed by atoms with Crippen molar-refractivity contribution in [3.05, 3.63) is 51.8 Å². The molecule has 9 heteroatoms. The molecular weight excluding hydrogens is 482 g/mol. The summed E-state index contributed by atoms with van der Waals surface area (Å²) in [5.41, 5.74) is 1.48. The fourth-order valence-electron chi connectivity index (χ4n) is 4.65. The van der Waals surface area contributed by atoms with Crippen LogP contribution in [-0.2, 0) is 11.2 Å². The second-order valence-corrected chi connectivity index (χ2v) is 10.7. The topological polar surface area (TPSA) is 80.8 Å². The van der Waals surface area contributed by atoms with Gasteiger partial charge in [-0.3, -0.25) is 14.6 Å². The summed E-state index contributed by atoms with van der Waals surface area (Å²) in [4.78, 5) is 33.7. The summed E-state index contributed by atoms with van der Waals surface area (Å²) in [5.74, 6) is 1.29. The van der Waals surface area contributed by atoms with E-state index in [-0.39, 0.29) is 17.9 Å². The number of hydrogen-bond acceptors (Lipinski definition) is 7. The van der Waals surface area contributed by atoms with Crippen LogP contribution < -0.4 is 10.1 Å². The SMILES string of the molecule is CCc1sc2cc(Oc3ccnc4cc(C(=O)N5CCC[C@H]5COC)sc34)ccc2c1C(=O)NC. The lowest BCUT2D eigenvalue weighted by Gasteiger charge is -2.23. The Labute approximate surface area is 211 Å². The molecule has 0 unspecified atom stereocenters. The average molecular weight is 510 g/mol. The predicted molar refractivity (Wildman–Crippen MR) is 140 cm³/mol. The van der Waals surface area contributed by atoms with Gasteiger partial charge < -0.3 is 19.7 Å². The highest BCUT2D eigenvalue weighted by atomic mass is 32.1. The molecule has 4 aromatic rings. The van der Waals surface area contributed by atoms with Crippen molar-refractivity contribution in [1.82, 2.24) is 15.2 Å². The number of aryl methyl sites for hydroxylation is 1. The van der Waals surface area contributed by atoms with Gasteiger partial charge in [-0.05, 0) is 43.5 Å². The zero-order chi connectivity index (χ0) is 24.5. The zero-order valence-corrected chi connectivity index (χ0v) is 21.6. The van der Waals surface area contributed by atoms with Crippen molar-refractivity contribution in [2.45, 2.75) is 32.2 Å². The molecule has 4 heterocycles. The molecule has 1 aliphatic rings. The van der Waals surface area contributed by atoms with Crippen LogP contribution >= 0.6 is 22.7 Å². The second kappa shape index (κ2) is 9.93. The van der Waals surface area contributed by atoms with Crippen LogP contribution in [0.4, 0.5) is 0 Å². The highest BCUT2D eigenvalue weighted by molar-refractivity contribution is 7.21. The molecule has 3 aromatic heterocycles. The first-order valence-electron chi connectivity index (χ1n) is 11.7. The van der Waals surface area contributed by atoms with Crippen LogP contribution in [0.25, 0.3) is 20.3 Å². The van der Waals surface area contributed by atoms with Crippen LogP contribution in [0.5, 0.6) is 11.5 Å². The molecule has 2 amide bonds. The standard InChI is InChI=1S/C26H27N3O4S2/c1-4-20-23(25(30)27-2)17-8-7-16(12-21(17)34-20)33-19-9-10-28-18-13-22(35-24(18)19)26(31)29-11-5-6-15(29)14-32-3/h7-10,12-13,15H,4-6,11,14H2,1-3H3,(H,27,30)/t15-/m0/s1. The Bertz CT molecular complexity index is 1410. The number of methoxy groups -OCH3 is 1. The van der Waals surface area contributed by atoms with Crippen molar-refractivity contribution in [2.24, 2.45) is 0 Å². The molecule has 0 aliphatic carbocycles. The van der Waals surface area contributed by atoms with Crippen LogP contribution in [0.15, 0.2) is 36.5 Å². The van der Waals surface area contributed by atoms with Crippen LogP contribution in [0.1, 0.15) is 44.7 Å². The minimum absolute atomic E-state index is 0.0207. The van der Waals surface area contributed by atoms with Crippen molar-refractivity contribution in [3.8, 4) is 11.5 Å². The van der Waals surface area contributed by atoms with Gasteiger partial charge in [0.1, 0.15) is 11.5 Å². The maximum atomic E-state index is 13.2. The summed E-state index contributed by atoms with van der Waals surface area (Å²) in [6, 6.07) is 9.58. The number of benzene rings is 1. The van der Waals surface area contributed by atoms with E-state index in [1.54, 1.807) is 31.7 Å². The lowest BCUT2D eigenvalue weighted by atomic mass is 10.1. The largest absolute Gasteiger partial charge is 0.456 e. The van der Waals surface area contributed by atoms with E-state index in [0.29, 0.717) is 23.0 Å². The highest BCUT2D eigenvalue weighted by Gasteiger charge is 2.30. The quantitative estimate of drug-likeness (QED) is 0.357. The molecule has 182 valence electrons. The Morgan fingerprint density at radius 2 is 2.09 bits per heavy atom. The third kappa shape index (κ3) is 4.39. The normalized spacial score (nSPS) is 15.7. The van der Waals surface area contributed by atoms with Gasteiger partial charge in [0, 0.05) is 47.9 Å². The molecule has 0 radical (unpaired) electrons. The fourth-order valence-corrected chi connectivity index (χ4v) is 6.84. The molecule has 0 saturated carbocycles. The monoisotopic (exact) mass is 509 g/mol. The van der Waals surface area contributed by atoms with Gasteiger partial charge in [-0.25, -0.2) is 0 Å². The van der Waals surface area contributed by atoms with Gasteiger partial charge >= 0.3 is 0 Å². The Hall–Kier alpha value is -3.01. The molecule has 5 rings (SSSR count). The molecule has 35 heavy (non-hydrogen) atoms. The van der Waals surface area contributed by atoms with Gasteiger partial charge in [-0.2, -0.15) is 0 Å². The van der Waals surface area contributed by atoms with Crippen molar-refractivity contribution >= 4 is 54.8 Å². The van der Waals surface area contributed by atoms with E-state index in [2.05, 4.69) is 17.2 Å². The van der Waals surface area contributed by atoms with E-state index >= 15 is 0 Å². The summed E-state index contributed by atoms with van der Waals surface area (Å²) in [6.07, 6.45) is 4.44. The first-order valence-corrected chi connectivity index (χ1v) is 13.3. The van der Waals surface area contributed by atoms with E-state index in [1.165, 1.54) is 11.3 Å². The van der Waals surface area contributed by atoms with E-state index < -0.39 is 0 Å². The maximum Gasteiger partial charge on any atom is 0.264 e. The molecule has 0 spiro atoms. The lowest BCUT2D eigenvalue weighted by Crippen LogP contribution is -2.37. The number of hydrogen-bond donors (Lipinski definition) is 1. The number of likely N-dealkylation sites (tertiary alicyclic amines) is 1. The summed E-state index contributed by atoms with van der Waals surface area (Å²) in [5, 5.41) is 3.67. The molecule has 1 fully saturated rings. The van der Waals surface area contributed by atoms with Crippen LogP contribution in [0.3, 0.4) is 0 Å². The van der Waals surface area contributed by atoms with Crippen LogP contribution in [0.2, 0.25) is 0 Å². The summed E-state index contributed by atoms with van der Waals surface area (Å²) in [7, 11) is 3.32. The molecule has 1 atom stereocenters. The van der Waals surface area contributed by atoms with Crippen molar-refractivity contribution in [3.63, 3.8) is 0 Å². The summed E-state index contributed by atoms with van der Waals surface area (Å²) in [6.45, 7) is 3.35. The number of amides is 2.